The first-order valence-corrected chi connectivity index (χ1v) is 6.70. The van der Waals surface area contributed by atoms with Crippen molar-refractivity contribution in [3.05, 3.63) is 67.5 Å². The molecule has 0 radical (unpaired) electrons. The first kappa shape index (κ1) is 12.7. The highest BCUT2D eigenvalue weighted by molar-refractivity contribution is 14.1. The summed E-state index contributed by atoms with van der Waals surface area (Å²) in [7, 11) is 0. The summed E-state index contributed by atoms with van der Waals surface area (Å²) in [4.78, 5) is 12.0. The van der Waals surface area contributed by atoms with Crippen LogP contribution in [0.5, 0.6) is 0 Å². The first-order valence-electron chi connectivity index (χ1n) is 4.83. The smallest absolute Gasteiger partial charge is 0.193 e. The lowest BCUT2D eigenvalue weighted by atomic mass is 10.0. The molecule has 0 bridgehead atoms. The Balaban J connectivity index is 2.37. The van der Waals surface area contributed by atoms with Crippen LogP contribution >= 0.6 is 38.5 Å². The molecule has 0 saturated heterocycles. The summed E-state index contributed by atoms with van der Waals surface area (Å²) in [6, 6.07) is 11.6. The van der Waals surface area contributed by atoms with Crippen molar-refractivity contribution in [2.75, 3.05) is 0 Å². The Morgan fingerprint density at radius 2 is 1.65 bits per heavy atom. The zero-order valence-electron chi connectivity index (χ0n) is 8.58. The van der Waals surface area contributed by atoms with Crippen LogP contribution in [0.25, 0.3) is 0 Å². The van der Waals surface area contributed by atoms with Gasteiger partial charge in [0.1, 0.15) is 5.82 Å². The number of carbonyl (C=O) groups is 1. The fraction of sp³-hybridized carbons (Fsp3) is 0. The van der Waals surface area contributed by atoms with E-state index in [9.17, 15) is 9.18 Å². The van der Waals surface area contributed by atoms with Crippen LogP contribution in [0, 0.1) is 9.39 Å². The molecule has 0 amide bonds. The van der Waals surface area contributed by atoms with Gasteiger partial charge in [-0.25, -0.2) is 4.39 Å². The van der Waals surface area contributed by atoms with Gasteiger partial charge in [-0.1, -0.05) is 0 Å². The Morgan fingerprint density at radius 1 is 1.06 bits per heavy atom. The summed E-state index contributed by atoms with van der Waals surface area (Å²) >= 11 is 5.22. The summed E-state index contributed by atoms with van der Waals surface area (Å²) in [5, 5.41) is 0. The van der Waals surface area contributed by atoms with Crippen LogP contribution in [-0.2, 0) is 0 Å². The van der Waals surface area contributed by atoms with Gasteiger partial charge in [-0.2, -0.15) is 0 Å². The van der Waals surface area contributed by atoms with Crippen LogP contribution < -0.4 is 0 Å². The van der Waals surface area contributed by atoms with Gasteiger partial charge in [0, 0.05) is 14.7 Å². The molecular weight excluding hydrogens is 398 g/mol. The van der Waals surface area contributed by atoms with E-state index in [-0.39, 0.29) is 5.78 Å². The second-order valence-corrected chi connectivity index (χ2v) is 5.56. The lowest BCUT2D eigenvalue weighted by Gasteiger charge is -2.02. The van der Waals surface area contributed by atoms with Gasteiger partial charge in [0.2, 0.25) is 0 Å². The van der Waals surface area contributed by atoms with Crippen LogP contribution in [0.15, 0.2) is 46.9 Å². The van der Waals surface area contributed by atoms with E-state index in [1.807, 2.05) is 12.1 Å². The molecule has 0 aromatic heterocycles. The predicted molar refractivity (Wildman–Crippen MR) is 76.7 cm³/mol. The van der Waals surface area contributed by atoms with E-state index in [0.717, 1.165) is 3.57 Å². The highest BCUT2D eigenvalue weighted by Gasteiger charge is 2.10. The normalized spacial score (nSPS) is 10.3. The number of halogens is 3. The van der Waals surface area contributed by atoms with Crippen LogP contribution in [0.4, 0.5) is 4.39 Å². The summed E-state index contributed by atoms with van der Waals surface area (Å²) < 4.78 is 14.7. The zero-order valence-corrected chi connectivity index (χ0v) is 12.3. The molecule has 0 N–H and O–H groups in total. The minimum atomic E-state index is -0.429. The maximum atomic E-state index is 13.3. The number of ketones is 1. The van der Waals surface area contributed by atoms with Gasteiger partial charge in [0.25, 0.3) is 0 Å². The molecule has 0 unspecified atom stereocenters. The topological polar surface area (TPSA) is 17.1 Å². The van der Waals surface area contributed by atoms with Gasteiger partial charge in [0.05, 0.1) is 4.47 Å². The van der Waals surface area contributed by atoms with Crippen molar-refractivity contribution < 1.29 is 9.18 Å². The number of hydrogen-bond donors (Lipinski definition) is 0. The molecule has 0 aliphatic heterocycles. The molecule has 1 nitrogen and oxygen atoms in total. The molecule has 2 aromatic carbocycles. The van der Waals surface area contributed by atoms with E-state index in [1.165, 1.54) is 12.1 Å². The summed E-state index contributed by atoms with van der Waals surface area (Å²) in [5.41, 5.74) is 0.916. The Hall–Kier alpha value is -0.750. The maximum Gasteiger partial charge on any atom is 0.193 e. The molecule has 86 valence electrons. The SMILES string of the molecule is O=C(c1ccc(I)cc1)c1ccc(Br)c(F)c1. The van der Waals surface area contributed by atoms with Crippen molar-refractivity contribution in [1.82, 2.24) is 0 Å². The van der Waals surface area contributed by atoms with Gasteiger partial charge >= 0.3 is 0 Å². The van der Waals surface area contributed by atoms with E-state index in [4.69, 9.17) is 0 Å². The highest BCUT2D eigenvalue weighted by atomic mass is 127. The van der Waals surface area contributed by atoms with Crippen molar-refractivity contribution in [2.24, 2.45) is 0 Å². The number of benzene rings is 2. The average molecular weight is 405 g/mol. The molecule has 2 aromatic rings. The molecule has 0 fully saturated rings. The Morgan fingerprint density at radius 3 is 2.24 bits per heavy atom. The van der Waals surface area contributed by atoms with Crippen LogP contribution in [-0.4, -0.2) is 5.78 Å². The van der Waals surface area contributed by atoms with Crippen molar-refractivity contribution in [2.45, 2.75) is 0 Å². The van der Waals surface area contributed by atoms with E-state index in [2.05, 4.69) is 38.5 Å². The van der Waals surface area contributed by atoms with Gasteiger partial charge in [-0.05, 0) is 81.0 Å². The van der Waals surface area contributed by atoms with E-state index in [1.54, 1.807) is 18.2 Å². The minimum absolute atomic E-state index is 0.173. The molecule has 2 rings (SSSR count). The number of carbonyl (C=O) groups excluding carboxylic acids is 1. The van der Waals surface area contributed by atoms with Crippen molar-refractivity contribution in [3.63, 3.8) is 0 Å². The fourth-order valence-electron chi connectivity index (χ4n) is 1.41. The van der Waals surface area contributed by atoms with Gasteiger partial charge in [-0.3, -0.25) is 4.79 Å². The maximum absolute atomic E-state index is 13.3. The number of rotatable bonds is 2. The largest absolute Gasteiger partial charge is 0.289 e. The third-order valence-corrected chi connectivity index (χ3v) is 3.65. The van der Waals surface area contributed by atoms with E-state index >= 15 is 0 Å². The third kappa shape index (κ3) is 2.93. The van der Waals surface area contributed by atoms with Crippen molar-refractivity contribution in [3.8, 4) is 0 Å². The summed E-state index contributed by atoms with van der Waals surface area (Å²) in [6.07, 6.45) is 0. The lowest BCUT2D eigenvalue weighted by molar-refractivity contribution is 0.103. The van der Waals surface area contributed by atoms with Gasteiger partial charge in [0.15, 0.2) is 5.78 Å². The molecule has 17 heavy (non-hydrogen) atoms. The Labute approximate surface area is 120 Å². The molecule has 0 aliphatic rings. The molecule has 0 aliphatic carbocycles. The van der Waals surface area contributed by atoms with E-state index < -0.39 is 5.82 Å². The van der Waals surface area contributed by atoms with E-state index in [0.29, 0.717) is 15.6 Å². The monoisotopic (exact) mass is 404 g/mol. The van der Waals surface area contributed by atoms with Gasteiger partial charge < -0.3 is 0 Å². The first-order chi connectivity index (χ1) is 8.08. The Bertz CT molecular complexity index is 566. The average Bonchev–Trinajstić information content (AvgIpc) is 2.33. The molecule has 0 spiro atoms. The molecule has 0 heterocycles. The summed E-state index contributed by atoms with van der Waals surface area (Å²) in [5.74, 6) is -0.603. The molecule has 4 heteroatoms. The van der Waals surface area contributed by atoms with Crippen molar-refractivity contribution >= 4 is 44.3 Å². The second-order valence-electron chi connectivity index (χ2n) is 3.46. The van der Waals surface area contributed by atoms with Crippen LogP contribution in [0.1, 0.15) is 15.9 Å². The van der Waals surface area contributed by atoms with Gasteiger partial charge in [-0.15, -0.1) is 0 Å². The van der Waals surface area contributed by atoms with Crippen LogP contribution in [0.2, 0.25) is 0 Å². The quantitative estimate of drug-likeness (QED) is 0.534. The van der Waals surface area contributed by atoms with Crippen LogP contribution in [0.3, 0.4) is 0 Å². The lowest BCUT2D eigenvalue weighted by Crippen LogP contribution is -2.01. The second kappa shape index (κ2) is 5.27. The molecule has 0 saturated carbocycles. The third-order valence-electron chi connectivity index (χ3n) is 2.29. The number of hydrogen-bond acceptors (Lipinski definition) is 1. The summed E-state index contributed by atoms with van der Waals surface area (Å²) in [6.45, 7) is 0. The molecule has 0 atom stereocenters. The Kier molecular flexibility index (Phi) is 3.93. The fourth-order valence-corrected chi connectivity index (χ4v) is 2.01. The predicted octanol–water partition coefficient (Wildman–Crippen LogP) is 4.42. The highest BCUT2D eigenvalue weighted by Crippen LogP contribution is 2.19. The standard InChI is InChI=1S/C13H7BrFIO/c14-11-6-3-9(7-12(11)15)13(17)8-1-4-10(16)5-2-8/h1-7H. The molecular formula is C13H7BrFIO. The van der Waals surface area contributed by atoms with Crippen molar-refractivity contribution in [1.29, 1.82) is 0 Å². The minimum Gasteiger partial charge on any atom is -0.289 e. The zero-order chi connectivity index (χ0) is 12.4.